The predicted molar refractivity (Wildman–Crippen MR) is 86.5 cm³/mol. The van der Waals surface area contributed by atoms with Crippen molar-refractivity contribution in [2.75, 3.05) is 7.05 Å². The predicted octanol–water partition coefficient (Wildman–Crippen LogP) is 4.59. The lowest BCUT2D eigenvalue weighted by Gasteiger charge is -2.17. The van der Waals surface area contributed by atoms with E-state index in [9.17, 15) is 4.39 Å². The number of aromatic nitrogens is 1. The van der Waals surface area contributed by atoms with Crippen molar-refractivity contribution >= 4 is 33.2 Å². The van der Waals surface area contributed by atoms with Crippen LogP contribution in [0.3, 0.4) is 0 Å². The smallest absolute Gasteiger partial charge is 0.142 e. The second-order valence-corrected chi connectivity index (χ2v) is 6.16. The highest BCUT2D eigenvalue weighted by molar-refractivity contribution is 7.17. The van der Waals surface area contributed by atoms with Crippen LogP contribution in [0.1, 0.15) is 17.2 Å². The van der Waals surface area contributed by atoms with Crippen LogP contribution in [0.2, 0.25) is 5.02 Å². The Hall–Kier alpha value is -1.49. The zero-order valence-corrected chi connectivity index (χ0v) is 13.0. The molecule has 0 spiro atoms. The molecule has 1 unspecified atom stereocenters. The Morgan fingerprint density at radius 1 is 1.38 bits per heavy atom. The molecule has 1 atom stereocenters. The molecule has 2 aromatic heterocycles. The van der Waals surface area contributed by atoms with Crippen molar-refractivity contribution in [1.29, 1.82) is 0 Å². The number of pyridine rings is 1. The highest BCUT2D eigenvalue weighted by atomic mass is 35.5. The van der Waals surface area contributed by atoms with Gasteiger partial charge in [-0.2, -0.15) is 0 Å². The molecular weight excluding hydrogens is 307 g/mol. The summed E-state index contributed by atoms with van der Waals surface area (Å²) in [5.74, 6) is -0.379. The van der Waals surface area contributed by atoms with E-state index in [1.54, 1.807) is 17.4 Å². The van der Waals surface area contributed by atoms with Gasteiger partial charge in [-0.1, -0.05) is 23.7 Å². The summed E-state index contributed by atoms with van der Waals surface area (Å²) in [5, 5.41) is 5.48. The molecule has 0 aliphatic heterocycles. The SMILES string of the molecule is CNC(Cc1cccc(F)c1Cl)c1cnc2ccsc2c1. The summed E-state index contributed by atoms with van der Waals surface area (Å²) in [5.41, 5.74) is 2.87. The van der Waals surface area contributed by atoms with E-state index in [2.05, 4.69) is 16.4 Å². The Kier molecular flexibility index (Phi) is 4.19. The molecule has 5 heteroatoms. The van der Waals surface area contributed by atoms with Crippen LogP contribution >= 0.6 is 22.9 Å². The van der Waals surface area contributed by atoms with E-state index in [4.69, 9.17) is 11.6 Å². The number of nitrogens with one attached hydrogen (secondary N) is 1. The number of likely N-dealkylation sites (N-methyl/N-ethyl adjacent to an activating group) is 1. The van der Waals surface area contributed by atoms with Gasteiger partial charge in [0.05, 0.1) is 15.2 Å². The zero-order chi connectivity index (χ0) is 14.8. The number of hydrogen-bond acceptors (Lipinski definition) is 3. The van der Waals surface area contributed by atoms with Crippen molar-refractivity contribution in [2.24, 2.45) is 0 Å². The van der Waals surface area contributed by atoms with Gasteiger partial charge in [-0.3, -0.25) is 4.98 Å². The average Bonchev–Trinajstić information content (AvgIpc) is 2.96. The fourth-order valence-corrected chi connectivity index (χ4v) is 3.36. The number of fused-ring (bicyclic) bond motifs is 1. The molecule has 1 aromatic carbocycles. The number of nitrogens with zero attached hydrogens (tertiary/aromatic N) is 1. The molecule has 108 valence electrons. The fraction of sp³-hybridized carbons (Fsp3) is 0.188. The molecule has 0 radical (unpaired) electrons. The topological polar surface area (TPSA) is 24.9 Å². The van der Waals surface area contributed by atoms with Crippen LogP contribution < -0.4 is 5.32 Å². The van der Waals surface area contributed by atoms with E-state index < -0.39 is 0 Å². The molecule has 0 bridgehead atoms. The maximum absolute atomic E-state index is 13.5. The first kappa shape index (κ1) is 14.4. The molecule has 3 aromatic rings. The third-order valence-corrected chi connectivity index (χ3v) is 4.81. The van der Waals surface area contributed by atoms with E-state index in [0.29, 0.717) is 6.42 Å². The number of benzene rings is 1. The summed E-state index contributed by atoms with van der Waals surface area (Å²) >= 11 is 7.71. The van der Waals surface area contributed by atoms with E-state index in [0.717, 1.165) is 21.3 Å². The lowest BCUT2D eigenvalue weighted by molar-refractivity contribution is 0.583. The zero-order valence-electron chi connectivity index (χ0n) is 11.4. The number of rotatable bonds is 4. The Bertz CT molecular complexity index is 772. The molecule has 0 fully saturated rings. The van der Waals surface area contributed by atoms with Crippen LogP contribution in [0.4, 0.5) is 4.39 Å². The quantitative estimate of drug-likeness (QED) is 0.760. The van der Waals surface area contributed by atoms with Gasteiger partial charge >= 0.3 is 0 Å². The van der Waals surface area contributed by atoms with Crippen LogP contribution in [0, 0.1) is 5.82 Å². The van der Waals surface area contributed by atoms with Crippen molar-refractivity contribution in [3.63, 3.8) is 0 Å². The minimum atomic E-state index is -0.379. The minimum absolute atomic E-state index is 0.0447. The highest BCUT2D eigenvalue weighted by Crippen LogP contribution is 2.27. The number of halogens is 2. The van der Waals surface area contributed by atoms with Gasteiger partial charge in [-0.25, -0.2) is 4.39 Å². The van der Waals surface area contributed by atoms with Crippen LogP contribution in [-0.4, -0.2) is 12.0 Å². The number of hydrogen-bond donors (Lipinski definition) is 1. The van der Waals surface area contributed by atoms with Crippen molar-refractivity contribution in [3.05, 3.63) is 63.9 Å². The second kappa shape index (κ2) is 6.10. The molecule has 0 amide bonds. The van der Waals surface area contributed by atoms with E-state index in [1.807, 2.05) is 30.8 Å². The summed E-state index contributed by atoms with van der Waals surface area (Å²) < 4.78 is 14.7. The summed E-state index contributed by atoms with van der Waals surface area (Å²) in [6, 6.07) is 9.09. The molecule has 0 aliphatic carbocycles. The molecule has 0 aliphatic rings. The monoisotopic (exact) mass is 320 g/mol. The molecule has 2 nitrogen and oxygen atoms in total. The van der Waals surface area contributed by atoms with E-state index >= 15 is 0 Å². The third-order valence-electron chi connectivity index (χ3n) is 3.53. The third kappa shape index (κ3) is 2.93. The van der Waals surface area contributed by atoms with Crippen molar-refractivity contribution in [3.8, 4) is 0 Å². The molecule has 2 heterocycles. The molecule has 0 saturated heterocycles. The average molecular weight is 321 g/mol. The summed E-state index contributed by atoms with van der Waals surface area (Å²) in [6.45, 7) is 0. The first-order valence-electron chi connectivity index (χ1n) is 6.62. The van der Waals surface area contributed by atoms with Crippen LogP contribution in [-0.2, 0) is 6.42 Å². The van der Waals surface area contributed by atoms with Crippen LogP contribution in [0.15, 0.2) is 41.9 Å². The normalized spacial score (nSPS) is 12.7. The Morgan fingerprint density at radius 2 is 2.24 bits per heavy atom. The Balaban J connectivity index is 1.92. The lowest BCUT2D eigenvalue weighted by Crippen LogP contribution is -2.19. The Morgan fingerprint density at radius 3 is 3.05 bits per heavy atom. The molecular formula is C16H14ClFN2S. The van der Waals surface area contributed by atoms with Gasteiger partial charge in [0.2, 0.25) is 0 Å². The largest absolute Gasteiger partial charge is 0.313 e. The first-order valence-corrected chi connectivity index (χ1v) is 7.88. The van der Waals surface area contributed by atoms with Crippen LogP contribution in [0.25, 0.3) is 10.2 Å². The lowest BCUT2D eigenvalue weighted by atomic mass is 10.00. The standard InChI is InChI=1S/C16H14ClFN2S/c1-19-14(7-10-3-2-4-12(18)16(10)17)11-8-15-13(20-9-11)5-6-21-15/h2-6,8-9,14,19H,7H2,1H3. The van der Waals surface area contributed by atoms with Gasteiger partial charge in [0.1, 0.15) is 5.82 Å². The van der Waals surface area contributed by atoms with Crippen LogP contribution in [0.5, 0.6) is 0 Å². The minimum Gasteiger partial charge on any atom is -0.313 e. The molecule has 1 N–H and O–H groups in total. The molecule has 21 heavy (non-hydrogen) atoms. The fourth-order valence-electron chi connectivity index (χ4n) is 2.36. The Labute approximate surface area is 131 Å². The van der Waals surface area contributed by atoms with Gasteiger partial charge in [-0.15, -0.1) is 11.3 Å². The highest BCUT2D eigenvalue weighted by Gasteiger charge is 2.15. The van der Waals surface area contributed by atoms with E-state index in [-0.39, 0.29) is 16.9 Å². The van der Waals surface area contributed by atoms with Gasteiger partial charge in [-0.05, 0) is 48.2 Å². The van der Waals surface area contributed by atoms with Gasteiger partial charge < -0.3 is 5.32 Å². The number of thiophene rings is 1. The summed E-state index contributed by atoms with van der Waals surface area (Å²) in [6.07, 6.45) is 2.48. The van der Waals surface area contributed by atoms with Gasteiger partial charge in [0.15, 0.2) is 0 Å². The van der Waals surface area contributed by atoms with E-state index in [1.165, 1.54) is 6.07 Å². The second-order valence-electron chi connectivity index (χ2n) is 4.83. The molecule has 0 saturated carbocycles. The molecule has 3 rings (SSSR count). The summed E-state index contributed by atoms with van der Waals surface area (Å²) in [4.78, 5) is 4.45. The first-order chi connectivity index (χ1) is 10.2. The van der Waals surface area contributed by atoms with Gasteiger partial charge in [0.25, 0.3) is 0 Å². The maximum Gasteiger partial charge on any atom is 0.142 e. The van der Waals surface area contributed by atoms with Gasteiger partial charge in [0, 0.05) is 12.2 Å². The maximum atomic E-state index is 13.5. The van der Waals surface area contributed by atoms with Crippen molar-refractivity contribution in [2.45, 2.75) is 12.5 Å². The van der Waals surface area contributed by atoms with Crippen molar-refractivity contribution < 1.29 is 4.39 Å². The van der Waals surface area contributed by atoms with Crippen molar-refractivity contribution in [1.82, 2.24) is 10.3 Å². The summed E-state index contributed by atoms with van der Waals surface area (Å²) in [7, 11) is 1.89.